The lowest BCUT2D eigenvalue weighted by molar-refractivity contribution is -0.143. The van der Waals surface area contributed by atoms with E-state index >= 15 is 0 Å². The maximum absolute atomic E-state index is 12.2. The van der Waals surface area contributed by atoms with Crippen molar-refractivity contribution in [2.75, 3.05) is 32.1 Å². The molecule has 8 heteroatoms. The zero-order valence-corrected chi connectivity index (χ0v) is 17.5. The number of esters is 1. The summed E-state index contributed by atoms with van der Waals surface area (Å²) in [7, 11) is 0. The van der Waals surface area contributed by atoms with Gasteiger partial charge in [-0.05, 0) is 43.8 Å². The largest absolute Gasteiger partial charge is 0.614 e. The summed E-state index contributed by atoms with van der Waals surface area (Å²) in [4.78, 5) is 25.1. The molecule has 1 amide bonds. The Morgan fingerprint density at radius 3 is 2.78 bits per heavy atom. The van der Waals surface area contributed by atoms with Crippen LogP contribution >= 0.6 is 0 Å². The average molecular weight is 406 g/mol. The topological polar surface area (TPSA) is 99.1 Å². The van der Waals surface area contributed by atoms with Crippen LogP contribution in [0.3, 0.4) is 0 Å². The maximum Gasteiger partial charge on any atom is 0.305 e. The molecule has 0 aliphatic carbocycles. The van der Waals surface area contributed by atoms with E-state index in [0.29, 0.717) is 39.0 Å². The SMILES string of the molecule is CCCOCC(O)CCN1C(=O)C[S+]([O-])C1CCCCCCC(=O)OCC. The number of carbonyl (C=O) groups excluding carboxylic acids is 2. The highest BCUT2D eigenvalue weighted by Gasteiger charge is 2.41. The van der Waals surface area contributed by atoms with E-state index < -0.39 is 17.3 Å². The predicted octanol–water partition coefficient (Wildman–Crippen LogP) is 1.98. The first kappa shape index (κ1) is 24.2. The lowest BCUT2D eigenvalue weighted by Crippen LogP contribution is -2.38. The summed E-state index contributed by atoms with van der Waals surface area (Å²) in [6.45, 7) is 5.51. The van der Waals surface area contributed by atoms with Gasteiger partial charge in [0.2, 0.25) is 0 Å². The van der Waals surface area contributed by atoms with Gasteiger partial charge in [0.1, 0.15) is 0 Å². The molecule has 0 spiro atoms. The Morgan fingerprint density at radius 1 is 1.33 bits per heavy atom. The van der Waals surface area contributed by atoms with Crippen LogP contribution in [0.2, 0.25) is 0 Å². The standard InChI is InChI=1S/C19H35NO6S/c1-3-13-25-14-16(21)11-12-20-17(22)15-27(24)18(20)9-7-5-6-8-10-19(23)26-4-2/h16,18,21H,3-15H2,1-2H3. The van der Waals surface area contributed by atoms with Crippen LogP contribution in [0.5, 0.6) is 0 Å². The van der Waals surface area contributed by atoms with Crippen molar-refractivity contribution in [1.82, 2.24) is 4.90 Å². The van der Waals surface area contributed by atoms with Crippen LogP contribution in [0.15, 0.2) is 0 Å². The van der Waals surface area contributed by atoms with Gasteiger partial charge >= 0.3 is 5.97 Å². The van der Waals surface area contributed by atoms with Crippen molar-refractivity contribution in [2.45, 2.75) is 76.7 Å². The van der Waals surface area contributed by atoms with Crippen LogP contribution < -0.4 is 0 Å². The van der Waals surface area contributed by atoms with Crippen molar-refractivity contribution in [3.8, 4) is 0 Å². The lowest BCUT2D eigenvalue weighted by Gasteiger charge is -2.24. The van der Waals surface area contributed by atoms with Crippen LogP contribution in [-0.2, 0) is 30.2 Å². The van der Waals surface area contributed by atoms with E-state index in [0.717, 1.165) is 32.1 Å². The average Bonchev–Trinajstić information content (AvgIpc) is 2.89. The van der Waals surface area contributed by atoms with Gasteiger partial charge in [-0.2, -0.15) is 0 Å². The number of amides is 1. The van der Waals surface area contributed by atoms with Crippen molar-refractivity contribution in [2.24, 2.45) is 0 Å². The van der Waals surface area contributed by atoms with Crippen molar-refractivity contribution < 1.29 is 28.7 Å². The summed E-state index contributed by atoms with van der Waals surface area (Å²) in [5.41, 5.74) is 0. The number of aliphatic hydroxyl groups excluding tert-OH is 1. The molecule has 158 valence electrons. The number of carbonyl (C=O) groups is 2. The molecule has 1 aliphatic rings. The molecular weight excluding hydrogens is 370 g/mol. The molecule has 1 N–H and O–H groups in total. The molecule has 1 rings (SSSR count). The van der Waals surface area contributed by atoms with Gasteiger partial charge in [-0.15, -0.1) is 0 Å². The maximum atomic E-state index is 12.2. The molecule has 1 saturated heterocycles. The summed E-state index contributed by atoms with van der Waals surface area (Å²) >= 11 is -1.17. The first-order chi connectivity index (χ1) is 13.0. The zero-order valence-electron chi connectivity index (χ0n) is 16.7. The molecule has 27 heavy (non-hydrogen) atoms. The smallest absolute Gasteiger partial charge is 0.305 e. The molecule has 0 aromatic heterocycles. The van der Waals surface area contributed by atoms with E-state index in [4.69, 9.17) is 9.47 Å². The number of nitrogens with zero attached hydrogens (tertiary/aromatic N) is 1. The number of rotatable bonds is 15. The molecule has 3 atom stereocenters. The Labute approximate surface area is 166 Å². The van der Waals surface area contributed by atoms with Gasteiger partial charge in [0.05, 0.1) is 19.3 Å². The van der Waals surface area contributed by atoms with E-state index in [-0.39, 0.29) is 29.6 Å². The number of hydrogen-bond acceptors (Lipinski definition) is 6. The number of aliphatic hydroxyl groups is 1. The quantitative estimate of drug-likeness (QED) is 0.254. The first-order valence-electron chi connectivity index (χ1n) is 10.1. The third-order valence-corrected chi connectivity index (χ3v) is 6.11. The highest BCUT2D eigenvalue weighted by atomic mass is 32.2. The van der Waals surface area contributed by atoms with Crippen LogP contribution in [-0.4, -0.2) is 70.0 Å². The van der Waals surface area contributed by atoms with Gasteiger partial charge in [0.15, 0.2) is 11.1 Å². The van der Waals surface area contributed by atoms with Crippen LogP contribution in [0.25, 0.3) is 0 Å². The summed E-state index contributed by atoms with van der Waals surface area (Å²) in [5.74, 6) is -0.175. The van der Waals surface area contributed by atoms with Crippen molar-refractivity contribution in [3.63, 3.8) is 0 Å². The van der Waals surface area contributed by atoms with Crippen molar-refractivity contribution in [1.29, 1.82) is 0 Å². The van der Waals surface area contributed by atoms with E-state index in [2.05, 4.69) is 0 Å². The molecule has 0 bridgehead atoms. The summed E-state index contributed by atoms with van der Waals surface area (Å²) in [5, 5.41) is 9.70. The number of ether oxygens (including phenoxy) is 2. The molecule has 1 fully saturated rings. The van der Waals surface area contributed by atoms with Crippen LogP contribution in [0.1, 0.15) is 65.2 Å². The van der Waals surface area contributed by atoms with E-state index in [1.54, 1.807) is 11.8 Å². The van der Waals surface area contributed by atoms with Crippen molar-refractivity contribution >= 4 is 23.1 Å². The number of unbranched alkanes of at least 4 members (excludes halogenated alkanes) is 3. The Bertz CT molecular complexity index is 436. The third-order valence-electron chi connectivity index (χ3n) is 4.49. The normalized spacial score (nSPS) is 20.9. The summed E-state index contributed by atoms with van der Waals surface area (Å²) in [6.07, 6.45) is 5.36. The second-order valence-corrected chi connectivity index (χ2v) is 8.44. The second-order valence-electron chi connectivity index (χ2n) is 6.84. The predicted molar refractivity (Wildman–Crippen MR) is 105 cm³/mol. The van der Waals surface area contributed by atoms with Crippen molar-refractivity contribution in [3.05, 3.63) is 0 Å². The fraction of sp³-hybridized carbons (Fsp3) is 0.895. The van der Waals surface area contributed by atoms with Gasteiger partial charge in [0, 0.05) is 26.0 Å². The molecule has 0 aromatic carbocycles. The van der Waals surface area contributed by atoms with Crippen LogP contribution in [0, 0.1) is 0 Å². The molecule has 0 aromatic rings. The molecule has 1 aliphatic heterocycles. The minimum atomic E-state index is -1.17. The minimum Gasteiger partial charge on any atom is -0.614 e. The van der Waals surface area contributed by atoms with E-state index in [9.17, 15) is 19.2 Å². The second kappa shape index (κ2) is 14.2. The highest BCUT2D eigenvalue weighted by molar-refractivity contribution is 7.93. The van der Waals surface area contributed by atoms with Gasteiger partial charge < -0.3 is 19.1 Å². The zero-order chi connectivity index (χ0) is 20.1. The van der Waals surface area contributed by atoms with Gasteiger partial charge in [-0.25, -0.2) is 0 Å². The molecular formula is C19H35NO6S. The molecule has 3 unspecified atom stereocenters. The number of hydrogen-bond donors (Lipinski definition) is 1. The van der Waals surface area contributed by atoms with E-state index in [1.165, 1.54) is 0 Å². The summed E-state index contributed by atoms with van der Waals surface area (Å²) in [6, 6.07) is 0. The Hall–Kier alpha value is -0.830. The molecule has 0 radical (unpaired) electrons. The molecule has 1 heterocycles. The fourth-order valence-electron chi connectivity index (χ4n) is 3.07. The van der Waals surface area contributed by atoms with Gasteiger partial charge in [-0.3, -0.25) is 14.5 Å². The van der Waals surface area contributed by atoms with E-state index in [1.807, 2.05) is 6.92 Å². The van der Waals surface area contributed by atoms with Gasteiger partial charge in [-0.1, -0.05) is 19.8 Å². The van der Waals surface area contributed by atoms with Crippen LogP contribution in [0.4, 0.5) is 0 Å². The first-order valence-corrected chi connectivity index (χ1v) is 11.5. The monoisotopic (exact) mass is 405 g/mol. The Balaban J connectivity index is 2.26. The minimum absolute atomic E-state index is 0.0793. The highest BCUT2D eigenvalue weighted by Crippen LogP contribution is 2.24. The Morgan fingerprint density at radius 2 is 2.07 bits per heavy atom. The fourth-order valence-corrected chi connectivity index (χ4v) is 4.61. The molecule has 7 nitrogen and oxygen atoms in total. The molecule has 0 saturated carbocycles. The van der Waals surface area contributed by atoms with Gasteiger partial charge in [0.25, 0.3) is 5.91 Å². The lowest BCUT2D eigenvalue weighted by atomic mass is 10.1. The summed E-state index contributed by atoms with van der Waals surface area (Å²) < 4.78 is 22.4. The third kappa shape index (κ3) is 9.78. The Kier molecular flexibility index (Phi) is 12.7.